The number of amides is 1. The molecule has 1 amide bonds. The number of rotatable bonds is 3. The van der Waals surface area contributed by atoms with Crippen LogP contribution in [0.5, 0.6) is 0 Å². The summed E-state index contributed by atoms with van der Waals surface area (Å²) in [5, 5.41) is 12.6. The molecule has 0 radical (unpaired) electrons. The van der Waals surface area contributed by atoms with Gasteiger partial charge in [-0.2, -0.15) is 0 Å². The van der Waals surface area contributed by atoms with Crippen LogP contribution in [0.1, 0.15) is 20.8 Å². The fraction of sp³-hybridized carbons (Fsp3) is 0.923. The van der Waals surface area contributed by atoms with Crippen molar-refractivity contribution in [3.05, 3.63) is 0 Å². The van der Waals surface area contributed by atoms with Gasteiger partial charge in [-0.3, -0.25) is 4.90 Å². The second kappa shape index (κ2) is 5.64. The predicted molar refractivity (Wildman–Crippen MR) is 72.5 cm³/mol. The average Bonchev–Trinajstić information content (AvgIpc) is 2.26. The largest absolute Gasteiger partial charge is 0.465 e. The minimum Gasteiger partial charge on any atom is -0.465 e. The molecule has 2 atom stereocenters. The van der Waals surface area contributed by atoms with E-state index in [0.717, 1.165) is 32.7 Å². The highest BCUT2D eigenvalue weighted by molar-refractivity contribution is 5.65. The molecule has 2 rings (SSSR count). The topological polar surface area (TPSA) is 65.0 Å². The van der Waals surface area contributed by atoms with Crippen molar-refractivity contribution in [2.24, 2.45) is 0 Å². The lowest BCUT2D eigenvalue weighted by Gasteiger charge is -2.43. The quantitative estimate of drug-likeness (QED) is 0.779. The molecule has 0 spiro atoms. The smallest absolute Gasteiger partial charge is 0.407 e. The number of morpholine rings is 2. The van der Waals surface area contributed by atoms with Crippen LogP contribution in [-0.4, -0.2) is 78.0 Å². The van der Waals surface area contributed by atoms with Crippen molar-refractivity contribution in [3.63, 3.8) is 0 Å². The lowest BCUT2D eigenvalue weighted by atomic mass is 10.1. The molecule has 2 bridgehead atoms. The molecule has 0 aliphatic carbocycles. The third-order valence-electron chi connectivity index (χ3n) is 3.73. The van der Waals surface area contributed by atoms with Gasteiger partial charge in [0.15, 0.2) is 0 Å². The molecule has 0 aromatic rings. The Kier molecular flexibility index (Phi) is 4.32. The Morgan fingerprint density at radius 3 is 2.42 bits per heavy atom. The monoisotopic (exact) mass is 271 g/mol. The van der Waals surface area contributed by atoms with E-state index in [4.69, 9.17) is 4.74 Å². The Bertz CT molecular complexity index is 318. The Labute approximate surface area is 114 Å². The van der Waals surface area contributed by atoms with E-state index in [1.807, 2.05) is 20.8 Å². The van der Waals surface area contributed by atoms with Gasteiger partial charge in [-0.05, 0) is 20.8 Å². The molecule has 2 aliphatic heterocycles. The van der Waals surface area contributed by atoms with E-state index in [1.165, 1.54) is 4.90 Å². The molecule has 19 heavy (non-hydrogen) atoms. The first kappa shape index (κ1) is 14.6. The van der Waals surface area contributed by atoms with Crippen LogP contribution in [0, 0.1) is 0 Å². The van der Waals surface area contributed by atoms with Crippen molar-refractivity contribution < 1.29 is 14.6 Å². The number of carbonyl (C=O) groups is 1. The molecule has 110 valence electrons. The molecule has 2 N–H and O–H groups in total. The minimum absolute atomic E-state index is 0.250. The maximum absolute atomic E-state index is 11.3. The molecule has 2 saturated heterocycles. The van der Waals surface area contributed by atoms with Crippen LogP contribution in [0.15, 0.2) is 0 Å². The van der Waals surface area contributed by atoms with Gasteiger partial charge in [0, 0.05) is 44.8 Å². The van der Waals surface area contributed by atoms with Gasteiger partial charge in [0.1, 0.15) is 0 Å². The highest BCUT2D eigenvalue weighted by atomic mass is 16.5. The number of nitrogens with zero attached hydrogens (tertiary/aromatic N) is 2. The molecule has 2 fully saturated rings. The fourth-order valence-electron chi connectivity index (χ4n) is 2.78. The number of carboxylic acid groups (broad SMARTS) is 1. The summed E-state index contributed by atoms with van der Waals surface area (Å²) >= 11 is 0. The van der Waals surface area contributed by atoms with Gasteiger partial charge in [-0.25, -0.2) is 4.79 Å². The van der Waals surface area contributed by atoms with E-state index in [2.05, 4.69) is 10.2 Å². The predicted octanol–water partition coefficient (Wildman–Crippen LogP) is 0.438. The molecule has 0 aromatic heterocycles. The van der Waals surface area contributed by atoms with Gasteiger partial charge in [0.25, 0.3) is 0 Å². The number of hydrogen-bond acceptors (Lipinski definition) is 4. The van der Waals surface area contributed by atoms with Crippen LogP contribution in [0.3, 0.4) is 0 Å². The Balaban J connectivity index is 1.86. The van der Waals surface area contributed by atoms with E-state index in [9.17, 15) is 9.90 Å². The summed E-state index contributed by atoms with van der Waals surface area (Å²) in [6.45, 7) is 10.7. The van der Waals surface area contributed by atoms with Crippen LogP contribution < -0.4 is 5.32 Å². The van der Waals surface area contributed by atoms with Gasteiger partial charge in [0.05, 0.1) is 12.2 Å². The third-order valence-corrected chi connectivity index (χ3v) is 3.73. The summed E-state index contributed by atoms with van der Waals surface area (Å²) in [5.74, 6) is 0. The van der Waals surface area contributed by atoms with Gasteiger partial charge < -0.3 is 20.1 Å². The van der Waals surface area contributed by atoms with Crippen molar-refractivity contribution in [3.8, 4) is 0 Å². The molecule has 2 heterocycles. The Hall–Kier alpha value is -0.850. The second-order valence-corrected chi connectivity index (χ2v) is 6.40. The minimum atomic E-state index is -0.845. The van der Waals surface area contributed by atoms with Crippen molar-refractivity contribution in [2.75, 3.05) is 39.3 Å². The average molecular weight is 271 g/mol. The maximum Gasteiger partial charge on any atom is 0.407 e. The van der Waals surface area contributed by atoms with Crippen molar-refractivity contribution >= 4 is 6.09 Å². The lowest BCUT2D eigenvalue weighted by molar-refractivity contribution is -0.104. The maximum atomic E-state index is 11.3. The lowest BCUT2D eigenvalue weighted by Crippen LogP contribution is -2.59. The van der Waals surface area contributed by atoms with E-state index in [-0.39, 0.29) is 17.7 Å². The molecule has 6 heteroatoms. The Morgan fingerprint density at radius 2 is 1.95 bits per heavy atom. The van der Waals surface area contributed by atoms with E-state index in [0.29, 0.717) is 6.54 Å². The Morgan fingerprint density at radius 1 is 1.37 bits per heavy atom. The van der Waals surface area contributed by atoms with Gasteiger partial charge in [0.2, 0.25) is 0 Å². The first-order chi connectivity index (χ1) is 8.86. The number of hydrogen-bond donors (Lipinski definition) is 2. The fourth-order valence-corrected chi connectivity index (χ4v) is 2.78. The van der Waals surface area contributed by atoms with Crippen LogP contribution in [0.4, 0.5) is 4.79 Å². The molecular formula is C13H25N3O3. The molecular weight excluding hydrogens is 246 g/mol. The first-order valence-corrected chi connectivity index (χ1v) is 6.95. The van der Waals surface area contributed by atoms with E-state index >= 15 is 0 Å². The summed E-state index contributed by atoms with van der Waals surface area (Å²) in [4.78, 5) is 15.1. The SMILES string of the molecule is CC(C)(C)N(CCN1CC2CNCC(C1)O2)C(=O)O. The normalized spacial score (nSPS) is 28.2. The van der Waals surface area contributed by atoms with Crippen molar-refractivity contribution in [1.82, 2.24) is 15.1 Å². The summed E-state index contributed by atoms with van der Waals surface area (Å²) in [5.41, 5.74) is -0.352. The summed E-state index contributed by atoms with van der Waals surface area (Å²) in [6.07, 6.45) is -0.344. The number of ether oxygens (including phenoxy) is 1. The van der Waals surface area contributed by atoms with Crippen molar-refractivity contribution in [1.29, 1.82) is 0 Å². The highest BCUT2D eigenvalue weighted by Crippen LogP contribution is 2.16. The van der Waals surface area contributed by atoms with E-state index in [1.54, 1.807) is 0 Å². The van der Waals surface area contributed by atoms with Crippen molar-refractivity contribution in [2.45, 2.75) is 38.5 Å². The molecule has 2 aliphatic rings. The summed E-state index contributed by atoms with van der Waals surface area (Å²) < 4.78 is 5.84. The summed E-state index contributed by atoms with van der Waals surface area (Å²) in [6, 6.07) is 0. The molecule has 2 unspecified atom stereocenters. The van der Waals surface area contributed by atoms with Crippen LogP contribution >= 0.6 is 0 Å². The standard InChI is InChI=1S/C13H25N3O3/c1-13(2,3)16(12(17)18)5-4-15-8-10-6-14-7-11(9-15)19-10/h10-11,14H,4-9H2,1-3H3,(H,17,18). The van der Waals surface area contributed by atoms with Gasteiger partial charge in [-0.15, -0.1) is 0 Å². The first-order valence-electron chi connectivity index (χ1n) is 6.95. The molecule has 6 nitrogen and oxygen atoms in total. The van der Waals surface area contributed by atoms with Gasteiger partial charge >= 0.3 is 6.09 Å². The number of fused-ring (bicyclic) bond motifs is 2. The molecule has 0 aromatic carbocycles. The van der Waals surface area contributed by atoms with E-state index < -0.39 is 6.09 Å². The highest BCUT2D eigenvalue weighted by Gasteiger charge is 2.32. The molecule has 0 saturated carbocycles. The van der Waals surface area contributed by atoms with Gasteiger partial charge in [-0.1, -0.05) is 0 Å². The third kappa shape index (κ3) is 3.81. The van der Waals surface area contributed by atoms with Crippen LogP contribution in [0.2, 0.25) is 0 Å². The zero-order chi connectivity index (χ0) is 14.0. The van der Waals surface area contributed by atoms with Crippen LogP contribution in [0.25, 0.3) is 0 Å². The summed E-state index contributed by atoms with van der Waals surface area (Å²) in [7, 11) is 0. The zero-order valence-corrected chi connectivity index (χ0v) is 12.1. The zero-order valence-electron chi connectivity index (χ0n) is 12.1. The van der Waals surface area contributed by atoms with Crippen LogP contribution in [-0.2, 0) is 4.74 Å². The number of nitrogens with one attached hydrogen (secondary N) is 1. The second-order valence-electron chi connectivity index (χ2n) is 6.40.